The van der Waals surface area contributed by atoms with Crippen molar-refractivity contribution < 1.29 is 9.21 Å². The quantitative estimate of drug-likeness (QED) is 0.494. The third-order valence-electron chi connectivity index (χ3n) is 4.59. The van der Waals surface area contributed by atoms with E-state index in [0.29, 0.717) is 18.7 Å². The van der Waals surface area contributed by atoms with E-state index < -0.39 is 0 Å². The van der Waals surface area contributed by atoms with Gasteiger partial charge in [-0.05, 0) is 55.0 Å². The number of carbonyl (C=O) groups is 1. The number of benzene rings is 2. The molecular formula is C23H21N3O2. The third-order valence-corrected chi connectivity index (χ3v) is 4.59. The van der Waals surface area contributed by atoms with Gasteiger partial charge in [0.25, 0.3) is 5.91 Å². The highest BCUT2D eigenvalue weighted by Crippen LogP contribution is 2.21. The lowest BCUT2D eigenvalue weighted by atomic mass is 10.1. The molecule has 2 aromatic heterocycles. The molecule has 28 heavy (non-hydrogen) atoms. The third kappa shape index (κ3) is 4.04. The molecule has 4 rings (SSSR count). The zero-order chi connectivity index (χ0) is 19.3. The topological polar surface area (TPSA) is 51.3 Å². The van der Waals surface area contributed by atoms with E-state index in [-0.39, 0.29) is 5.91 Å². The minimum Gasteiger partial charge on any atom is -0.467 e. The number of hydrogen-bond acceptors (Lipinski definition) is 3. The molecule has 4 aromatic rings. The monoisotopic (exact) mass is 371 g/mol. The summed E-state index contributed by atoms with van der Waals surface area (Å²) in [6.45, 7) is 3.08. The molecule has 0 saturated heterocycles. The van der Waals surface area contributed by atoms with Crippen LogP contribution in [0.5, 0.6) is 0 Å². The Morgan fingerprint density at radius 2 is 1.82 bits per heavy atom. The van der Waals surface area contributed by atoms with Gasteiger partial charge in [0, 0.05) is 23.6 Å². The molecule has 1 amide bonds. The van der Waals surface area contributed by atoms with Crippen molar-refractivity contribution in [2.24, 2.45) is 0 Å². The molecule has 0 bridgehead atoms. The van der Waals surface area contributed by atoms with Crippen LogP contribution in [0.1, 0.15) is 27.2 Å². The Morgan fingerprint density at radius 1 is 1.04 bits per heavy atom. The van der Waals surface area contributed by atoms with Gasteiger partial charge in [-0.1, -0.05) is 29.8 Å². The highest BCUT2D eigenvalue weighted by Gasteiger charge is 2.19. The van der Waals surface area contributed by atoms with Crippen LogP contribution in [0.3, 0.4) is 0 Å². The Morgan fingerprint density at radius 3 is 2.46 bits per heavy atom. The number of nitrogens with zero attached hydrogens (tertiary/aromatic N) is 3. The first-order chi connectivity index (χ1) is 13.7. The van der Waals surface area contributed by atoms with Gasteiger partial charge in [-0.25, -0.2) is 0 Å². The number of anilines is 1. The van der Waals surface area contributed by atoms with Gasteiger partial charge in [-0.15, -0.1) is 0 Å². The van der Waals surface area contributed by atoms with Gasteiger partial charge in [0.05, 0.1) is 19.4 Å². The largest absolute Gasteiger partial charge is 0.467 e. The first-order valence-corrected chi connectivity index (χ1v) is 9.16. The standard InChI is InChI=1S/C23H21N3O2/c1-18-5-11-21(12-6-18)26(17-22-4-2-15-28-22)23(27)20-9-7-19(8-10-20)16-25-14-3-13-24-25/h2-15H,16-17H2,1H3. The Bertz CT molecular complexity index is 1020. The molecule has 0 aliphatic carbocycles. The van der Waals surface area contributed by atoms with Crippen LogP contribution < -0.4 is 4.90 Å². The van der Waals surface area contributed by atoms with Gasteiger partial charge in [0.1, 0.15) is 5.76 Å². The fourth-order valence-corrected chi connectivity index (χ4v) is 3.05. The van der Waals surface area contributed by atoms with Gasteiger partial charge in [0.2, 0.25) is 0 Å². The first-order valence-electron chi connectivity index (χ1n) is 9.16. The molecule has 0 atom stereocenters. The summed E-state index contributed by atoms with van der Waals surface area (Å²) in [6, 6.07) is 21.2. The summed E-state index contributed by atoms with van der Waals surface area (Å²) < 4.78 is 7.32. The maximum atomic E-state index is 13.3. The summed E-state index contributed by atoms with van der Waals surface area (Å²) >= 11 is 0. The average Bonchev–Trinajstić information content (AvgIpc) is 3.41. The Labute approximate surface area is 163 Å². The molecule has 0 fully saturated rings. The van der Waals surface area contributed by atoms with E-state index in [1.54, 1.807) is 17.4 Å². The molecule has 0 N–H and O–H groups in total. The maximum absolute atomic E-state index is 13.3. The van der Waals surface area contributed by atoms with Crippen LogP contribution >= 0.6 is 0 Å². The molecule has 5 heteroatoms. The van der Waals surface area contributed by atoms with Crippen molar-refractivity contribution in [1.82, 2.24) is 9.78 Å². The zero-order valence-corrected chi connectivity index (χ0v) is 15.7. The summed E-state index contributed by atoms with van der Waals surface area (Å²) in [4.78, 5) is 15.0. The molecule has 5 nitrogen and oxygen atoms in total. The Balaban J connectivity index is 1.58. The van der Waals surface area contributed by atoms with Crippen molar-refractivity contribution in [3.8, 4) is 0 Å². The molecule has 2 aromatic carbocycles. The van der Waals surface area contributed by atoms with Crippen LogP contribution in [-0.4, -0.2) is 15.7 Å². The molecule has 0 aliphatic rings. The predicted molar refractivity (Wildman–Crippen MR) is 108 cm³/mol. The normalized spacial score (nSPS) is 10.8. The SMILES string of the molecule is Cc1ccc(N(Cc2ccco2)C(=O)c2ccc(Cn3cccn3)cc2)cc1. The molecule has 0 spiro atoms. The van der Waals surface area contributed by atoms with Crippen molar-refractivity contribution in [2.75, 3.05) is 4.90 Å². The second kappa shape index (κ2) is 7.96. The van der Waals surface area contributed by atoms with Crippen molar-refractivity contribution in [3.05, 3.63) is 108 Å². The number of hydrogen-bond donors (Lipinski definition) is 0. The highest BCUT2D eigenvalue weighted by atomic mass is 16.3. The molecule has 140 valence electrons. The number of rotatable bonds is 6. The number of aromatic nitrogens is 2. The van der Waals surface area contributed by atoms with E-state index in [4.69, 9.17) is 4.42 Å². The van der Waals surface area contributed by atoms with E-state index >= 15 is 0 Å². The zero-order valence-electron chi connectivity index (χ0n) is 15.7. The second-order valence-electron chi connectivity index (χ2n) is 6.71. The van der Waals surface area contributed by atoms with Crippen LogP contribution in [0.15, 0.2) is 89.8 Å². The fourth-order valence-electron chi connectivity index (χ4n) is 3.05. The van der Waals surface area contributed by atoms with Crippen LogP contribution in [0.4, 0.5) is 5.69 Å². The number of furan rings is 1. The second-order valence-corrected chi connectivity index (χ2v) is 6.71. The van der Waals surface area contributed by atoms with E-state index in [1.807, 2.05) is 84.5 Å². The lowest BCUT2D eigenvalue weighted by Gasteiger charge is -2.22. The fraction of sp³-hybridized carbons (Fsp3) is 0.130. The molecule has 2 heterocycles. The van der Waals surface area contributed by atoms with E-state index in [2.05, 4.69) is 5.10 Å². The van der Waals surface area contributed by atoms with Gasteiger partial charge in [0.15, 0.2) is 0 Å². The van der Waals surface area contributed by atoms with Crippen LogP contribution in [0, 0.1) is 6.92 Å². The van der Waals surface area contributed by atoms with Gasteiger partial charge < -0.3 is 9.32 Å². The van der Waals surface area contributed by atoms with E-state index in [9.17, 15) is 4.79 Å². The van der Waals surface area contributed by atoms with Gasteiger partial charge >= 0.3 is 0 Å². The molecule has 0 radical (unpaired) electrons. The minimum atomic E-state index is -0.0640. The predicted octanol–water partition coefficient (Wildman–Crippen LogP) is 4.68. The number of carbonyl (C=O) groups excluding carboxylic acids is 1. The Kier molecular flexibility index (Phi) is 5.06. The van der Waals surface area contributed by atoms with Gasteiger partial charge in [-0.2, -0.15) is 5.10 Å². The summed E-state index contributed by atoms with van der Waals surface area (Å²) in [5.74, 6) is 0.676. The smallest absolute Gasteiger partial charge is 0.258 e. The summed E-state index contributed by atoms with van der Waals surface area (Å²) in [5.41, 5.74) is 3.72. The van der Waals surface area contributed by atoms with E-state index in [0.717, 1.165) is 22.6 Å². The average molecular weight is 371 g/mol. The van der Waals surface area contributed by atoms with Crippen molar-refractivity contribution in [3.63, 3.8) is 0 Å². The van der Waals surface area contributed by atoms with Crippen molar-refractivity contribution in [1.29, 1.82) is 0 Å². The van der Waals surface area contributed by atoms with E-state index in [1.165, 1.54) is 0 Å². The lowest BCUT2D eigenvalue weighted by molar-refractivity contribution is 0.0983. The first kappa shape index (κ1) is 17.8. The summed E-state index contributed by atoms with van der Waals surface area (Å²) in [5, 5.41) is 4.22. The molecule has 0 aliphatic heterocycles. The van der Waals surface area contributed by atoms with Crippen LogP contribution in [0.25, 0.3) is 0 Å². The summed E-state index contributed by atoms with van der Waals surface area (Å²) in [7, 11) is 0. The van der Waals surface area contributed by atoms with Crippen LogP contribution in [0.2, 0.25) is 0 Å². The van der Waals surface area contributed by atoms with Crippen LogP contribution in [-0.2, 0) is 13.1 Å². The summed E-state index contributed by atoms with van der Waals surface area (Å²) in [6.07, 6.45) is 5.30. The molecule has 0 saturated carbocycles. The molecule has 0 unspecified atom stereocenters. The Hall–Kier alpha value is -3.60. The minimum absolute atomic E-state index is 0.0640. The number of aryl methyl sites for hydroxylation is 1. The molecular weight excluding hydrogens is 350 g/mol. The van der Waals surface area contributed by atoms with Crippen molar-refractivity contribution >= 4 is 11.6 Å². The maximum Gasteiger partial charge on any atom is 0.258 e. The highest BCUT2D eigenvalue weighted by molar-refractivity contribution is 6.06. The van der Waals surface area contributed by atoms with Crippen molar-refractivity contribution in [2.45, 2.75) is 20.0 Å². The van der Waals surface area contributed by atoms with Gasteiger partial charge in [-0.3, -0.25) is 9.48 Å². The lowest BCUT2D eigenvalue weighted by Crippen LogP contribution is -2.30. The number of amides is 1.